The molecule has 1 heterocycles. The standard InChI is InChI=1S/C15H20O6/c1-10(16)12-13(20-9-18-2)14(15(17)21-12)19-8-11-6-4-3-5-7-11/h3-7,10,12-14,16H,8-9H2,1-2H3/t10-,12-,13-,14-/m1/s1. The van der Waals surface area contributed by atoms with Gasteiger partial charge in [-0.1, -0.05) is 30.3 Å². The fourth-order valence-corrected chi connectivity index (χ4v) is 2.20. The SMILES string of the molecule is COCO[C@@H]1[C@@H]([C@@H](C)O)OC(=O)[C@@H]1OCc1ccccc1. The molecule has 0 spiro atoms. The fourth-order valence-electron chi connectivity index (χ4n) is 2.20. The lowest BCUT2D eigenvalue weighted by Crippen LogP contribution is -2.41. The van der Waals surface area contributed by atoms with Crippen molar-refractivity contribution in [3.8, 4) is 0 Å². The normalized spacial score (nSPS) is 26.6. The van der Waals surface area contributed by atoms with Gasteiger partial charge >= 0.3 is 5.97 Å². The second-order valence-electron chi connectivity index (χ2n) is 4.90. The van der Waals surface area contributed by atoms with Gasteiger partial charge in [0.05, 0.1) is 12.7 Å². The molecule has 2 rings (SSSR count). The summed E-state index contributed by atoms with van der Waals surface area (Å²) in [5, 5.41) is 9.69. The fraction of sp³-hybridized carbons (Fsp3) is 0.533. The summed E-state index contributed by atoms with van der Waals surface area (Å²) in [7, 11) is 1.48. The van der Waals surface area contributed by atoms with Gasteiger partial charge in [-0.15, -0.1) is 0 Å². The topological polar surface area (TPSA) is 74.2 Å². The molecule has 0 bridgehead atoms. The summed E-state index contributed by atoms with van der Waals surface area (Å²) in [5.41, 5.74) is 0.941. The van der Waals surface area contributed by atoms with Crippen molar-refractivity contribution in [3.63, 3.8) is 0 Å². The Morgan fingerprint density at radius 3 is 2.62 bits per heavy atom. The van der Waals surface area contributed by atoms with Crippen LogP contribution in [0.5, 0.6) is 0 Å². The third-order valence-electron chi connectivity index (χ3n) is 3.23. The molecular formula is C15H20O6. The smallest absolute Gasteiger partial charge is 0.338 e. The Morgan fingerprint density at radius 1 is 1.29 bits per heavy atom. The first-order chi connectivity index (χ1) is 10.1. The van der Waals surface area contributed by atoms with E-state index in [1.165, 1.54) is 7.11 Å². The number of carbonyl (C=O) groups is 1. The lowest BCUT2D eigenvalue weighted by molar-refractivity contribution is -0.152. The molecule has 1 saturated heterocycles. The van der Waals surface area contributed by atoms with Gasteiger partial charge in [-0.25, -0.2) is 4.79 Å². The van der Waals surface area contributed by atoms with E-state index >= 15 is 0 Å². The van der Waals surface area contributed by atoms with Gasteiger partial charge in [-0.3, -0.25) is 0 Å². The number of methoxy groups -OCH3 is 1. The highest BCUT2D eigenvalue weighted by atomic mass is 16.7. The lowest BCUT2D eigenvalue weighted by Gasteiger charge is -2.22. The predicted molar refractivity (Wildman–Crippen MR) is 73.3 cm³/mol. The highest BCUT2D eigenvalue weighted by Crippen LogP contribution is 2.25. The molecule has 21 heavy (non-hydrogen) atoms. The van der Waals surface area contributed by atoms with E-state index in [1.807, 2.05) is 30.3 Å². The summed E-state index contributed by atoms with van der Waals surface area (Å²) in [6, 6.07) is 9.49. The number of benzene rings is 1. The maximum absolute atomic E-state index is 11.9. The van der Waals surface area contributed by atoms with E-state index in [0.29, 0.717) is 0 Å². The van der Waals surface area contributed by atoms with Gasteiger partial charge in [0.15, 0.2) is 12.2 Å². The van der Waals surface area contributed by atoms with Crippen LogP contribution in [0.15, 0.2) is 30.3 Å². The number of aliphatic hydroxyl groups is 1. The van der Waals surface area contributed by atoms with Gasteiger partial charge in [0.25, 0.3) is 0 Å². The molecule has 6 heteroatoms. The van der Waals surface area contributed by atoms with E-state index < -0.39 is 30.4 Å². The van der Waals surface area contributed by atoms with E-state index in [4.69, 9.17) is 18.9 Å². The van der Waals surface area contributed by atoms with Gasteiger partial charge in [0, 0.05) is 7.11 Å². The Balaban J connectivity index is 2.02. The van der Waals surface area contributed by atoms with Crippen molar-refractivity contribution < 1.29 is 28.8 Å². The Kier molecular flexibility index (Phi) is 5.69. The quantitative estimate of drug-likeness (QED) is 0.594. The van der Waals surface area contributed by atoms with Crippen molar-refractivity contribution in [2.75, 3.05) is 13.9 Å². The van der Waals surface area contributed by atoms with E-state index in [2.05, 4.69) is 0 Å². The first kappa shape index (κ1) is 15.9. The van der Waals surface area contributed by atoms with Crippen LogP contribution in [0.4, 0.5) is 0 Å². The zero-order chi connectivity index (χ0) is 15.2. The molecule has 0 saturated carbocycles. The second kappa shape index (κ2) is 7.51. The number of cyclic esters (lactones) is 1. The van der Waals surface area contributed by atoms with Crippen molar-refractivity contribution in [1.82, 2.24) is 0 Å². The highest BCUT2D eigenvalue weighted by Gasteiger charge is 2.48. The van der Waals surface area contributed by atoms with E-state index in [1.54, 1.807) is 6.92 Å². The number of rotatable bonds is 7. The molecule has 1 aromatic carbocycles. The monoisotopic (exact) mass is 296 g/mol. The molecule has 0 amide bonds. The summed E-state index contributed by atoms with van der Waals surface area (Å²) >= 11 is 0. The molecule has 0 aromatic heterocycles. The van der Waals surface area contributed by atoms with Gasteiger partial charge in [-0.05, 0) is 12.5 Å². The van der Waals surface area contributed by atoms with Crippen LogP contribution in [0.25, 0.3) is 0 Å². The van der Waals surface area contributed by atoms with Crippen LogP contribution in [0, 0.1) is 0 Å². The van der Waals surface area contributed by atoms with Gasteiger partial charge in [0.1, 0.15) is 12.9 Å². The Morgan fingerprint density at radius 2 is 2.00 bits per heavy atom. The zero-order valence-electron chi connectivity index (χ0n) is 12.1. The van der Waals surface area contributed by atoms with Crippen LogP contribution in [-0.4, -0.2) is 49.4 Å². The van der Waals surface area contributed by atoms with E-state index in [0.717, 1.165) is 5.56 Å². The number of aliphatic hydroxyl groups excluding tert-OH is 1. The van der Waals surface area contributed by atoms with Crippen LogP contribution in [0.2, 0.25) is 0 Å². The maximum atomic E-state index is 11.9. The zero-order valence-corrected chi connectivity index (χ0v) is 12.1. The van der Waals surface area contributed by atoms with E-state index in [-0.39, 0.29) is 13.4 Å². The molecule has 1 fully saturated rings. The summed E-state index contributed by atoms with van der Waals surface area (Å²) in [6.45, 7) is 1.80. The molecule has 4 atom stereocenters. The van der Waals surface area contributed by atoms with Crippen LogP contribution in [0.1, 0.15) is 12.5 Å². The maximum Gasteiger partial charge on any atom is 0.338 e. The third-order valence-corrected chi connectivity index (χ3v) is 3.23. The summed E-state index contributed by atoms with van der Waals surface area (Å²) < 4.78 is 21.1. The lowest BCUT2D eigenvalue weighted by atomic mass is 10.1. The molecule has 1 N–H and O–H groups in total. The number of carbonyl (C=O) groups excluding carboxylic acids is 1. The van der Waals surface area contributed by atoms with Crippen molar-refractivity contribution in [1.29, 1.82) is 0 Å². The Hall–Kier alpha value is -1.47. The van der Waals surface area contributed by atoms with Crippen molar-refractivity contribution >= 4 is 5.97 Å². The van der Waals surface area contributed by atoms with Crippen molar-refractivity contribution in [3.05, 3.63) is 35.9 Å². The van der Waals surface area contributed by atoms with Crippen LogP contribution < -0.4 is 0 Å². The summed E-state index contributed by atoms with van der Waals surface area (Å²) in [5.74, 6) is -0.530. The van der Waals surface area contributed by atoms with Crippen LogP contribution in [0.3, 0.4) is 0 Å². The average Bonchev–Trinajstić information content (AvgIpc) is 2.80. The molecule has 116 valence electrons. The molecule has 0 aliphatic carbocycles. The number of hydrogen-bond donors (Lipinski definition) is 1. The minimum absolute atomic E-state index is 0.00424. The second-order valence-corrected chi connectivity index (χ2v) is 4.90. The molecular weight excluding hydrogens is 276 g/mol. The number of ether oxygens (including phenoxy) is 4. The number of esters is 1. The highest BCUT2D eigenvalue weighted by molar-refractivity contribution is 5.78. The van der Waals surface area contributed by atoms with Gasteiger partial charge in [-0.2, -0.15) is 0 Å². The van der Waals surface area contributed by atoms with Gasteiger partial charge in [0.2, 0.25) is 0 Å². The average molecular weight is 296 g/mol. The Bertz CT molecular complexity index is 447. The molecule has 1 aromatic rings. The molecule has 0 unspecified atom stereocenters. The summed E-state index contributed by atoms with van der Waals surface area (Å²) in [6.07, 6.45) is -3.17. The van der Waals surface area contributed by atoms with Crippen LogP contribution in [-0.2, 0) is 30.3 Å². The van der Waals surface area contributed by atoms with Crippen molar-refractivity contribution in [2.24, 2.45) is 0 Å². The first-order valence-electron chi connectivity index (χ1n) is 6.78. The first-order valence-corrected chi connectivity index (χ1v) is 6.78. The largest absolute Gasteiger partial charge is 0.455 e. The summed E-state index contributed by atoms with van der Waals surface area (Å²) in [4.78, 5) is 11.9. The third kappa shape index (κ3) is 4.01. The molecule has 0 radical (unpaired) electrons. The molecule has 6 nitrogen and oxygen atoms in total. The van der Waals surface area contributed by atoms with Crippen molar-refractivity contribution in [2.45, 2.75) is 37.9 Å². The molecule has 1 aliphatic rings. The van der Waals surface area contributed by atoms with Crippen LogP contribution >= 0.6 is 0 Å². The minimum Gasteiger partial charge on any atom is -0.455 e. The van der Waals surface area contributed by atoms with Gasteiger partial charge < -0.3 is 24.1 Å². The number of hydrogen-bond acceptors (Lipinski definition) is 6. The Labute approximate surface area is 123 Å². The van der Waals surface area contributed by atoms with E-state index in [9.17, 15) is 9.90 Å². The molecule has 1 aliphatic heterocycles. The predicted octanol–water partition coefficient (Wildman–Crippen LogP) is 0.867. The minimum atomic E-state index is -0.875.